The summed E-state index contributed by atoms with van der Waals surface area (Å²) in [5.74, 6) is 0.102. The second-order valence-electron chi connectivity index (χ2n) is 9.15. The zero-order chi connectivity index (χ0) is 24.0. The number of nitrogens with one attached hydrogen (secondary N) is 1. The number of carbonyl (C=O) groups excluding carboxylic acids is 2. The largest absolute Gasteiger partial charge is 0.493 e. The summed E-state index contributed by atoms with van der Waals surface area (Å²) in [6, 6.07) is 10.9. The van der Waals surface area contributed by atoms with Crippen molar-refractivity contribution in [3.63, 3.8) is 0 Å². The van der Waals surface area contributed by atoms with Gasteiger partial charge in [-0.25, -0.2) is 4.39 Å². The quantitative estimate of drug-likeness (QED) is 0.670. The van der Waals surface area contributed by atoms with Crippen molar-refractivity contribution >= 4 is 23.4 Å². The third-order valence-electron chi connectivity index (χ3n) is 6.59. The van der Waals surface area contributed by atoms with Gasteiger partial charge in [0.1, 0.15) is 17.3 Å². The van der Waals surface area contributed by atoms with E-state index < -0.39 is 5.82 Å². The SMILES string of the molecule is O=C1NCC2(CCCCCOc3ccc(Cl)cc31)CCCN(C(=O)COc1cccc(F)c1)C2. The summed E-state index contributed by atoms with van der Waals surface area (Å²) in [7, 11) is 0. The Labute approximate surface area is 204 Å². The lowest BCUT2D eigenvalue weighted by atomic mass is 9.75. The fourth-order valence-electron chi connectivity index (χ4n) is 4.78. The number of amides is 2. The Morgan fingerprint density at radius 2 is 2.00 bits per heavy atom. The van der Waals surface area contributed by atoms with Gasteiger partial charge >= 0.3 is 0 Å². The maximum absolute atomic E-state index is 13.4. The van der Waals surface area contributed by atoms with Crippen molar-refractivity contribution in [2.45, 2.75) is 38.5 Å². The summed E-state index contributed by atoms with van der Waals surface area (Å²) in [6.07, 6.45) is 5.59. The Bertz CT molecular complexity index is 1030. The number of halogens is 2. The first-order valence-corrected chi connectivity index (χ1v) is 12.2. The summed E-state index contributed by atoms with van der Waals surface area (Å²) in [4.78, 5) is 27.7. The van der Waals surface area contributed by atoms with Gasteiger partial charge in [-0.3, -0.25) is 9.59 Å². The molecule has 2 heterocycles. The van der Waals surface area contributed by atoms with Gasteiger partial charge in [0.05, 0.1) is 12.2 Å². The van der Waals surface area contributed by atoms with E-state index in [0.717, 1.165) is 38.5 Å². The van der Waals surface area contributed by atoms with Crippen LogP contribution in [0.5, 0.6) is 11.5 Å². The molecule has 0 aliphatic carbocycles. The van der Waals surface area contributed by atoms with Crippen molar-refractivity contribution < 1.29 is 23.5 Å². The predicted molar refractivity (Wildman–Crippen MR) is 128 cm³/mol. The van der Waals surface area contributed by atoms with Crippen LogP contribution in [0.4, 0.5) is 4.39 Å². The third kappa shape index (κ3) is 6.20. The Morgan fingerprint density at radius 3 is 2.85 bits per heavy atom. The maximum Gasteiger partial charge on any atom is 0.260 e. The van der Waals surface area contributed by atoms with Crippen LogP contribution in [0.25, 0.3) is 0 Å². The molecule has 0 bridgehead atoms. The number of benzene rings is 2. The second kappa shape index (κ2) is 11.1. The summed E-state index contributed by atoms with van der Waals surface area (Å²) in [6.45, 7) is 2.06. The smallest absolute Gasteiger partial charge is 0.260 e. The molecule has 1 saturated heterocycles. The van der Waals surface area contributed by atoms with E-state index in [1.807, 2.05) is 4.90 Å². The molecule has 2 amide bonds. The molecule has 2 aromatic rings. The van der Waals surface area contributed by atoms with Crippen LogP contribution < -0.4 is 14.8 Å². The first-order chi connectivity index (χ1) is 16.4. The van der Waals surface area contributed by atoms with Crippen LogP contribution >= 0.6 is 11.6 Å². The normalized spacial score (nSPS) is 21.5. The van der Waals surface area contributed by atoms with Crippen molar-refractivity contribution in [2.75, 3.05) is 32.8 Å². The zero-order valence-corrected chi connectivity index (χ0v) is 19.9. The minimum Gasteiger partial charge on any atom is -0.493 e. The molecule has 2 aliphatic rings. The van der Waals surface area contributed by atoms with Crippen molar-refractivity contribution in [3.8, 4) is 11.5 Å². The molecule has 1 atom stereocenters. The lowest BCUT2D eigenvalue weighted by Crippen LogP contribution is -2.52. The van der Waals surface area contributed by atoms with Gasteiger partial charge < -0.3 is 19.7 Å². The fourth-order valence-corrected chi connectivity index (χ4v) is 4.95. The predicted octanol–water partition coefficient (Wildman–Crippen LogP) is 4.85. The Kier molecular flexibility index (Phi) is 7.93. The molecule has 6 nitrogen and oxygen atoms in total. The number of nitrogens with zero attached hydrogens (tertiary/aromatic N) is 1. The second-order valence-corrected chi connectivity index (χ2v) is 9.58. The Hall–Kier alpha value is -2.80. The highest BCUT2D eigenvalue weighted by Gasteiger charge is 2.37. The number of fused-ring (bicyclic) bond motifs is 1. The first-order valence-electron chi connectivity index (χ1n) is 11.8. The molecule has 1 fully saturated rings. The van der Waals surface area contributed by atoms with Gasteiger partial charge in [0.2, 0.25) is 0 Å². The number of piperidine rings is 1. The van der Waals surface area contributed by atoms with Gasteiger partial charge in [-0.1, -0.05) is 30.5 Å². The number of rotatable bonds is 3. The minimum absolute atomic E-state index is 0.133. The number of hydrogen-bond acceptors (Lipinski definition) is 4. The zero-order valence-electron chi connectivity index (χ0n) is 19.2. The lowest BCUT2D eigenvalue weighted by molar-refractivity contribution is -0.137. The van der Waals surface area contributed by atoms with Gasteiger partial charge in [-0.2, -0.15) is 0 Å². The molecule has 0 saturated carbocycles. The summed E-state index contributed by atoms with van der Waals surface area (Å²) < 4.78 is 24.8. The van der Waals surface area contributed by atoms with Crippen LogP contribution in [0.3, 0.4) is 0 Å². The van der Waals surface area contributed by atoms with E-state index in [1.54, 1.807) is 30.3 Å². The molecular formula is C26H30ClFN2O4. The van der Waals surface area contributed by atoms with Crippen LogP contribution in [0.2, 0.25) is 5.02 Å². The highest BCUT2D eigenvalue weighted by molar-refractivity contribution is 6.31. The monoisotopic (exact) mass is 488 g/mol. The molecule has 4 rings (SSSR count). The van der Waals surface area contributed by atoms with Crippen LogP contribution in [0.15, 0.2) is 42.5 Å². The van der Waals surface area contributed by atoms with Gasteiger partial charge in [-0.05, 0) is 56.0 Å². The van der Waals surface area contributed by atoms with Gasteiger partial charge in [0.25, 0.3) is 11.8 Å². The van der Waals surface area contributed by atoms with E-state index in [4.69, 9.17) is 21.1 Å². The van der Waals surface area contributed by atoms with Crippen LogP contribution in [0.1, 0.15) is 48.9 Å². The molecule has 2 aromatic carbocycles. The van der Waals surface area contributed by atoms with Gasteiger partial charge in [-0.15, -0.1) is 0 Å². The van der Waals surface area contributed by atoms with Crippen molar-refractivity contribution in [1.82, 2.24) is 10.2 Å². The van der Waals surface area contributed by atoms with Gasteiger partial charge in [0, 0.05) is 36.1 Å². The number of hydrogen-bond donors (Lipinski definition) is 1. The van der Waals surface area contributed by atoms with Gasteiger partial charge in [0.15, 0.2) is 6.61 Å². The Balaban J connectivity index is 1.44. The highest BCUT2D eigenvalue weighted by Crippen LogP contribution is 2.36. The molecular weight excluding hydrogens is 459 g/mol. The molecule has 1 spiro atoms. The molecule has 0 radical (unpaired) electrons. The summed E-state index contributed by atoms with van der Waals surface area (Å²) in [5.41, 5.74) is 0.219. The topological polar surface area (TPSA) is 67.9 Å². The van der Waals surface area contributed by atoms with E-state index in [9.17, 15) is 14.0 Å². The van der Waals surface area contributed by atoms with Crippen LogP contribution in [-0.4, -0.2) is 49.6 Å². The van der Waals surface area contributed by atoms with E-state index in [-0.39, 0.29) is 23.8 Å². The number of ether oxygens (including phenoxy) is 2. The molecule has 0 aromatic heterocycles. The molecule has 8 heteroatoms. The van der Waals surface area contributed by atoms with Crippen molar-refractivity contribution in [2.24, 2.45) is 5.41 Å². The average molecular weight is 489 g/mol. The number of carbonyl (C=O) groups is 2. The molecule has 1 unspecified atom stereocenters. The molecule has 1 N–H and O–H groups in total. The summed E-state index contributed by atoms with van der Waals surface area (Å²) in [5, 5.41) is 3.56. The van der Waals surface area contributed by atoms with E-state index in [0.29, 0.717) is 48.3 Å². The Morgan fingerprint density at radius 1 is 1.15 bits per heavy atom. The van der Waals surface area contributed by atoms with E-state index in [1.165, 1.54) is 12.1 Å². The van der Waals surface area contributed by atoms with Crippen molar-refractivity contribution in [3.05, 3.63) is 58.9 Å². The minimum atomic E-state index is -0.404. The van der Waals surface area contributed by atoms with Crippen molar-refractivity contribution in [1.29, 1.82) is 0 Å². The van der Waals surface area contributed by atoms with Crippen LogP contribution in [-0.2, 0) is 4.79 Å². The van der Waals surface area contributed by atoms with Crippen LogP contribution in [0, 0.1) is 11.2 Å². The van der Waals surface area contributed by atoms with E-state index in [2.05, 4.69) is 5.32 Å². The summed E-state index contributed by atoms with van der Waals surface area (Å²) >= 11 is 6.13. The average Bonchev–Trinajstić information content (AvgIpc) is 2.83. The maximum atomic E-state index is 13.4. The molecule has 182 valence electrons. The highest BCUT2D eigenvalue weighted by atomic mass is 35.5. The molecule has 2 aliphatic heterocycles. The third-order valence-corrected chi connectivity index (χ3v) is 6.83. The fraction of sp³-hybridized carbons (Fsp3) is 0.462. The number of likely N-dealkylation sites (tertiary alicyclic amines) is 1. The first kappa shape index (κ1) is 24.3. The standard InChI is InChI=1S/C26H30ClFN2O4/c27-19-8-9-23-22(14-19)25(32)29-17-26(10-2-1-3-13-33-23)11-5-12-30(18-26)24(31)16-34-21-7-4-6-20(28)15-21/h4,6-9,14-15H,1-3,5,10-13,16-18H2,(H,29,32). The lowest BCUT2D eigenvalue weighted by Gasteiger charge is -2.43. The molecule has 34 heavy (non-hydrogen) atoms. The van der Waals surface area contributed by atoms with E-state index >= 15 is 0 Å².